The molecule has 0 aliphatic heterocycles. The van der Waals surface area contributed by atoms with Crippen molar-refractivity contribution in [1.82, 2.24) is 0 Å². The largest absolute Gasteiger partial charge is 0.376 e. The third kappa shape index (κ3) is 2.20. The molecule has 0 spiro atoms. The zero-order valence-corrected chi connectivity index (χ0v) is 7.71. The van der Waals surface area contributed by atoms with Crippen LogP contribution in [0.5, 0.6) is 0 Å². The van der Waals surface area contributed by atoms with E-state index < -0.39 is 5.54 Å². The van der Waals surface area contributed by atoms with Gasteiger partial charge in [-0.3, -0.25) is 0 Å². The lowest BCUT2D eigenvalue weighted by Crippen LogP contribution is -2.46. The SMILES string of the molecule is CC(C)OCC(N)(C#N)C1CC1. The average Bonchev–Trinajstić information content (AvgIpc) is 2.82. The summed E-state index contributed by atoms with van der Waals surface area (Å²) in [7, 11) is 0. The van der Waals surface area contributed by atoms with E-state index >= 15 is 0 Å². The van der Waals surface area contributed by atoms with Crippen LogP contribution in [0.2, 0.25) is 0 Å². The van der Waals surface area contributed by atoms with Crippen LogP contribution in [0.4, 0.5) is 0 Å². The summed E-state index contributed by atoms with van der Waals surface area (Å²) in [6.07, 6.45) is 2.30. The van der Waals surface area contributed by atoms with E-state index in [2.05, 4.69) is 6.07 Å². The summed E-state index contributed by atoms with van der Waals surface area (Å²) in [5, 5.41) is 8.85. The maximum Gasteiger partial charge on any atom is 0.130 e. The quantitative estimate of drug-likeness (QED) is 0.682. The van der Waals surface area contributed by atoms with Crippen molar-refractivity contribution in [1.29, 1.82) is 5.26 Å². The molecule has 0 heterocycles. The predicted octanol–water partition coefficient (Wildman–Crippen LogP) is 1.04. The van der Waals surface area contributed by atoms with Crippen molar-refractivity contribution < 1.29 is 4.74 Å². The number of hydrogen-bond acceptors (Lipinski definition) is 3. The van der Waals surface area contributed by atoms with Crippen LogP contribution < -0.4 is 5.73 Å². The molecule has 3 heteroatoms. The number of ether oxygens (including phenoxy) is 1. The summed E-state index contributed by atoms with van der Waals surface area (Å²) in [5.41, 5.74) is 5.13. The average molecular weight is 168 g/mol. The minimum absolute atomic E-state index is 0.153. The van der Waals surface area contributed by atoms with Gasteiger partial charge in [-0.15, -0.1) is 0 Å². The Hall–Kier alpha value is -0.590. The molecule has 2 N–H and O–H groups in total. The molecule has 3 nitrogen and oxygen atoms in total. The molecule has 12 heavy (non-hydrogen) atoms. The van der Waals surface area contributed by atoms with Crippen LogP contribution in [0.1, 0.15) is 26.7 Å². The second-order valence-corrected chi connectivity index (χ2v) is 3.79. The summed E-state index contributed by atoms with van der Waals surface area (Å²) in [4.78, 5) is 0. The van der Waals surface area contributed by atoms with E-state index in [0.29, 0.717) is 12.5 Å². The van der Waals surface area contributed by atoms with Gasteiger partial charge in [0.05, 0.1) is 18.8 Å². The van der Waals surface area contributed by atoms with Crippen molar-refractivity contribution in [3.8, 4) is 6.07 Å². The van der Waals surface area contributed by atoms with Crippen LogP contribution in [0, 0.1) is 17.2 Å². The maximum atomic E-state index is 8.85. The number of nitrogens with zero attached hydrogens (tertiary/aromatic N) is 1. The lowest BCUT2D eigenvalue weighted by Gasteiger charge is -2.22. The Morgan fingerprint density at radius 3 is 2.58 bits per heavy atom. The van der Waals surface area contributed by atoms with Gasteiger partial charge in [0.2, 0.25) is 0 Å². The Labute approximate surface area is 73.5 Å². The van der Waals surface area contributed by atoms with E-state index in [1.807, 2.05) is 13.8 Å². The number of nitrogens with two attached hydrogens (primary N) is 1. The van der Waals surface area contributed by atoms with Crippen molar-refractivity contribution in [2.24, 2.45) is 11.7 Å². The van der Waals surface area contributed by atoms with Gasteiger partial charge in [0.1, 0.15) is 5.54 Å². The second-order valence-electron chi connectivity index (χ2n) is 3.79. The lowest BCUT2D eigenvalue weighted by molar-refractivity contribution is 0.0488. The molecule has 1 fully saturated rings. The Bertz CT molecular complexity index is 193. The van der Waals surface area contributed by atoms with E-state index in [0.717, 1.165) is 12.8 Å². The third-order valence-electron chi connectivity index (χ3n) is 2.17. The maximum absolute atomic E-state index is 8.85. The molecule has 1 aliphatic carbocycles. The van der Waals surface area contributed by atoms with Crippen molar-refractivity contribution >= 4 is 0 Å². The summed E-state index contributed by atoms with van der Waals surface area (Å²) in [5.74, 6) is 0.362. The van der Waals surface area contributed by atoms with Crippen molar-refractivity contribution in [2.75, 3.05) is 6.61 Å². The molecule has 68 valence electrons. The van der Waals surface area contributed by atoms with Gasteiger partial charge in [0, 0.05) is 0 Å². The first-order valence-electron chi connectivity index (χ1n) is 4.40. The standard InChI is InChI=1S/C9H16N2O/c1-7(2)12-6-9(11,5-10)8-3-4-8/h7-8H,3-4,6,11H2,1-2H3. The van der Waals surface area contributed by atoms with Crippen LogP contribution in [0.15, 0.2) is 0 Å². The first-order valence-corrected chi connectivity index (χ1v) is 4.40. The molecule has 0 bridgehead atoms. The zero-order chi connectivity index (χ0) is 9.19. The Morgan fingerprint density at radius 1 is 1.67 bits per heavy atom. The minimum Gasteiger partial charge on any atom is -0.376 e. The van der Waals surface area contributed by atoms with Crippen LogP contribution in [-0.2, 0) is 4.74 Å². The van der Waals surface area contributed by atoms with Gasteiger partial charge >= 0.3 is 0 Å². The molecule has 0 saturated heterocycles. The van der Waals surface area contributed by atoms with E-state index in [1.54, 1.807) is 0 Å². The highest BCUT2D eigenvalue weighted by atomic mass is 16.5. The van der Waals surface area contributed by atoms with Gasteiger partial charge in [0.15, 0.2) is 0 Å². The van der Waals surface area contributed by atoms with Gasteiger partial charge < -0.3 is 10.5 Å². The Balaban J connectivity index is 2.40. The molecule has 1 unspecified atom stereocenters. The summed E-state index contributed by atoms with van der Waals surface area (Å²) in [6, 6.07) is 2.15. The highest BCUT2D eigenvalue weighted by molar-refractivity contribution is 5.13. The highest BCUT2D eigenvalue weighted by Crippen LogP contribution is 2.38. The lowest BCUT2D eigenvalue weighted by atomic mass is 9.98. The van der Waals surface area contributed by atoms with Crippen LogP contribution in [0.25, 0.3) is 0 Å². The van der Waals surface area contributed by atoms with Crippen LogP contribution >= 0.6 is 0 Å². The summed E-state index contributed by atoms with van der Waals surface area (Å²) < 4.78 is 5.35. The first kappa shape index (κ1) is 9.50. The Morgan fingerprint density at radius 2 is 2.25 bits per heavy atom. The van der Waals surface area contributed by atoms with E-state index in [1.165, 1.54) is 0 Å². The molecule has 1 atom stereocenters. The number of rotatable bonds is 4. The molecular weight excluding hydrogens is 152 g/mol. The summed E-state index contributed by atoms with van der Waals surface area (Å²) >= 11 is 0. The number of nitriles is 1. The molecule has 1 saturated carbocycles. The fourth-order valence-electron chi connectivity index (χ4n) is 1.14. The molecule has 0 amide bonds. The van der Waals surface area contributed by atoms with Crippen LogP contribution in [0.3, 0.4) is 0 Å². The summed E-state index contributed by atoms with van der Waals surface area (Å²) in [6.45, 7) is 4.27. The van der Waals surface area contributed by atoms with Gasteiger partial charge in [0.25, 0.3) is 0 Å². The van der Waals surface area contributed by atoms with Gasteiger partial charge in [-0.1, -0.05) is 0 Å². The molecular formula is C9H16N2O. The monoisotopic (exact) mass is 168 g/mol. The van der Waals surface area contributed by atoms with E-state index in [4.69, 9.17) is 15.7 Å². The Kier molecular flexibility index (Phi) is 2.71. The van der Waals surface area contributed by atoms with E-state index in [9.17, 15) is 0 Å². The number of hydrogen-bond donors (Lipinski definition) is 1. The fourth-order valence-corrected chi connectivity index (χ4v) is 1.14. The van der Waals surface area contributed by atoms with Gasteiger partial charge in [-0.05, 0) is 32.6 Å². The predicted molar refractivity (Wildman–Crippen MR) is 46.3 cm³/mol. The molecule has 0 aromatic rings. The van der Waals surface area contributed by atoms with Gasteiger partial charge in [-0.25, -0.2) is 0 Å². The van der Waals surface area contributed by atoms with Gasteiger partial charge in [-0.2, -0.15) is 5.26 Å². The second kappa shape index (κ2) is 3.42. The van der Waals surface area contributed by atoms with Crippen molar-refractivity contribution in [3.63, 3.8) is 0 Å². The fraction of sp³-hybridized carbons (Fsp3) is 0.889. The zero-order valence-electron chi connectivity index (χ0n) is 7.71. The minimum atomic E-state index is -0.732. The first-order chi connectivity index (χ1) is 5.58. The van der Waals surface area contributed by atoms with Crippen LogP contribution in [-0.4, -0.2) is 18.2 Å². The highest BCUT2D eigenvalue weighted by Gasteiger charge is 2.43. The van der Waals surface area contributed by atoms with E-state index in [-0.39, 0.29) is 6.10 Å². The molecule has 0 aromatic carbocycles. The van der Waals surface area contributed by atoms with Crippen molar-refractivity contribution in [2.45, 2.75) is 38.3 Å². The molecule has 1 aliphatic rings. The normalized spacial score (nSPS) is 21.9. The molecule has 0 aromatic heterocycles. The van der Waals surface area contributed by atoms with Crippen molar-refractivity contribution in [3.05, 3.63) is 0 Å². The topological polar surface area (TPSA) is 59.0 Å². The molecule has 1 rings (SSSR count). The molecule has 0 radical (unpaired) electrons. The smallest absolute Gasteiger partial charge is 0.130 e. The third-order valence-corrected chi connectivity index (χ3v) is 2.17.